The van der Waals surface area contributed by atoms with Gasteiger partial charge in [0.05, 0.1) is 34.2 Å². The highest BCUT2D eigenvalue weighted by Gasteiger charge is 2.16. The minimum Gasteiger partial charge on any atom is -0.327 e. The summed E-state index contributed by atoms with van der Waals surface area (Å²) >= 11 is 0. The van der Waals surface area contributed by atoms with Crippen LogP contribution in [-0.4, -0.2) is 49.9 Å². The molecular formula is C32H26N10O2. The number of fused-ring (bicyclic) bond motifs is 4. The van der Waals surface area contributed by atoms with Gasteiger partial charge in [0.2, 0.25) is 0 Å². The number of H-pyrrole nitrogens is 2. The number of benzene rings is 2. The molecule has 8 aromatic rings. The van der Waals surface area contributed by atoms with Crippen molar-refractivity contribution in [2.75, 3.05) is 0 Å². The zero-order valence-corrected chi connectivity index (χ0v) is 23.8. The standard InChI is InChI=1S/2C16H13N5O/c2*1-10(11-4-5-13-12(9-11)3-2-7-17-13)21-14-6-8-18-16(22)15(14)19-20-21/h2*2-10H,1H3,(H,18,22)/t2*10-/m10/s1. The molecule has 2 N–H and O–H groups in total. The zero-order chi connectivity index (χ0) is 30.2. The van der Waals surface area contributed by atoms with Crippen molar-refractivity contribution in [2.45, 2.75) is 25.9 Å². The van der Waals surface area contributed by atoms with Crippen LogP contribution in [0.2, 0.25) is 0 Å². The van der Waals surface area contributed by atoms with Crippen LogP contribution in [0.4, 0.5) is 0 Å². The van der Waals surface area contributed by atoms with Gasteiger partial charge in [0.15, 0.2) is 11.0 Å². The summed E-state index contributed by atoms with van der Waals surface area (Å²) in [5, 5.41) is 18.4. The Morgan fingerprint density at radius 2 is 1.07 bits per heavy atom. The van der Waals surface area contributed by atoms with Crippen molar-refractivity contribution >= 4 is 43.9 Å². The average Bonchev–Trinajstić information content (AvgIpc) is 3.70. The third-order valence-electron chi connectivity index (χ3n) is 7.76. The molecule has 0 spiro atoms. The van der Waals surface area contributed by atoms with Crippen LogP contribution in [0, 0.1) is 0 Å². The van der Waals surface area contributed by atoms with Crippen molar-refractivity contribution in [2.24, 2.45) is 0 Å². The highest BCUT2D eigenvalue weighted by atomic mass is 16.1. The number of aromatic nitrogens is 10. The predicted octanol–water partition coefficient (Wildman–Crippen LogP) is 4.55. The van der Waals surface area contributed by atoms with E-state index in [-0.39, 0.29) is 23.2 Å². The third-order valence-corrected chi connectivity index (χ3v) is 7.76. The summed E-state index contributed by atoms with van der Waals surface area (Å²) < 4.78 is 3.53. The molecule has 216 valence electrons. The molecule has 0 saturated heterocycles. The predicted molar refractivity (Wildman–Crippen MR) is 167 cm³/mol. The molecule has 44 heavy (non-hydrogen) atoms. The van der Waals surface area contributed by atoms with E-state index in [0.717, 1.165) is 44.0 Å². The van der Waals surface area contributed by atoms with Gasteiger partial charge in [-0.2, -0.15) is 0 Å². The van der Waals surface area contributed by atoms with E-state index in [1.54, 1.807) is 34.2 Å². The van der Waals surface area contributed by atoms with Gasteiger partial charge < -0.3 is 9.97 Å². The Balaban J connectivity index is 0.000000142. The topological polar surface area (TPSA) is 153 Å². The average molecular weight is 583 g/mol. The van der Waals surface area contributed by atoms with Crippen molar-refractivity contribution < 1.29 is 0 Å². The minimum atomic E-state index is -0.223. The van der Waals surface area contributed by atoms with Gasteiger partial charge in [-0.05, 0) is 73.5 Å². The maximum Gasteiger partial charge on any atom is 0.278 e. The molecule has 8 rings (SSSR count). The van der Waals surface area contributed by atoms with Gasteiger partial charge in [-0.25, -0.2) is 9.36 Å². The van der Waals surface area contributed by atoms with E-state index in [0.29, 0.717) is 11.0 Å². The maximum atomic E-state index is 11.7. The smallest absolute Gasteiger partial charge is 0.278 e. The quantitative estimate of drug-likeness (QED) is 0.306. The molecule has 0 aliphatic rings. The fourth-order valence-electron chi connectivity index (χ4n) is 5.33. The molecule has 0 saturated carbocycles. The third kappa shape index (κ3) is 4.77. The molecule has 6 heterocycles. The van der Waals surface area contributed by atoms with Crippen molar-refractivity contribution in [3.05, 3.63) is 129 Å². The van der Waals surface area contributed by atoms with E-state index in [4.69, 9.17) is 0 Å². The van der Waals surface area contributed by atoms with Crippen LogP contribution in [0.25, 0.3) is 43.9 Å². The van der Waals surface area contributed by atoms with Crippen LogP contribution in [0.15, 0.2) is 107 Å². The Morgan fingerprint density at radius 3 is 1.52 bits per heavy atom. The first-order chi connectivity index (χ1) is 21.5. The minimum absolute atomic E-state index is 0.0311. The maximum absolute atomic E-state index is 11.7. The first-order valence-electron chi connectivity index (χ1n) is 14.0. The van der Waals surface area contributed by atoms with Crippen LogP contribution in [0.3, 0.4) is 0 Å². The molecular weight excluding hydrogens is 556 g/mol. The van der Waals surface area contributed by atoms with Gasteiger partial charge in [0, 0.05) is 35.6 Å². The van der Waals surface area contributed by atoms with Crippen LogP contribution in [0.5, 0.6) is 0 Å². The first kappa shape index (κ1) is 26.8. The van der Waals surface area contributed by atoms with Crippen molar-refractivity contribution in [3.8, 4) is 0 Å². The van der Waals surface area contributed by atoms with E-state index in [1.807, 2.05) is 74.5 Å². The van der Waals surface area contributed by atoms with Crippen molar-refractivity contribution in [1.82, 2.24) is 49.9 Å². The monoisotopic (exact) mass is 582 g/mol. The summed E-state index contributed by atoms with van der Waals surface area (Å²) in [7, 11) is 0. The molecule has 0 fully saturated rings. The highest BCUT2D eigenvalue weighted by molar-refractivity contribution is 5.80. The Kier molecular flexibility index (Phi) is 6.70. The number of aromatic amines is 2. The van der Waals surface area contributed by atoms with E-state index in [2.05, 4.69) is 52.7 Å². The summed E-state index contributed by atoms with van der Waals surface area (Å²) in [5.74, 6) is 0. The fraction of sp³-hybridized carbons (Fsp3) is 0.125. The van der Waals surface area contributed by atoms with Crippen molar-refractivity contribution in [1.29, 1.82) is 0 Å². The summed E-state index contributed by atoms with van der Waals surface area (Å²) in [6.07, 6.45) is 6.79. The molecule has 6 aromatic heterocycles. The van der Waals surface area contributed by atoms with E-state index in [9.17, 15) is 9.59 Å². The second-order valence-electron chi connectivity index (χ2n) is 10.4. The number of hydrogen-bond acceptors (Lipinski definition) is 8. The van der Waals surface area contributed by atoms with Crippen LogP contribution in [0.1, 0.15) is 37.1 Å². The summed E-state index contributed by atoms with van der Waals surface area (Å²) in [4.78, 5) is 37.4. The van der Waals surface area contributed by atoms with Gasteiger partial charge >= 0.3 is 0 Å². The first-order valence-corrected chi connectivity index (χ1v) is 14.0. The molecule has 2 atom stereocenters. The number of pyridine rings is 4. The van der Waals surface area contributed by atoms with E-state index >= 15 is 0 Å². The second-order valence-corrected chi connectivity index (χ2v) is 10.4. The number of hydrogen-bond donors (Lipinski definition) is 2. The SMILES string of the molecule is C[C@@H](c1ccc2ncccc2c1)n1nnc2c(=O)[nH]ccc21.C[C@H](c1ccc2ncccc2c1)n1nnc2c(=O)[nH]ccc21. The Labute approximate surface area is 249 Å². The van der Waals surface area contributed by atoms with Crippen LogP contribution in [-0.2, 0) is 0 Å². The van der Waals surface area contributed by atoms with E-state index < -0.39 is 0 Å². The van der Waals surface area contributed by atoms with Gasteiger partial charge in [-0.15, -0.1) is 10.2 Å². The zero-order valence-electron chi connectivity index (χ0n) is 23.8. The van der Waals surface area contributed by atoms with Gasteiger partial charge in [-0.3, -0.25) is 19.6 Å². The molecule has 0 unspecified atom stereocenters. The number of nitrogens with zero attached hydrogens (tertiary/aromatic N) is 8. The molecule has 0 aliphatic carbocycles. The van der Waals surface area contributed by atoms with Crippen LogP contribution >= 0.6 is 0 Å². The van der Waals surface area contributed by atoms with Crippen molar-refractivity contribution in [3.63, 3.8) is 0 Å². The molecule has 2 aromatic carbocycles. The Hall–Kier alpha value is -6.04. The number of rotatable bonds is 4. The van der Waals surface area contributed by atoms with Gasteiger partial charge in [0.1, 0.15) is 0 Å². The van der Waals surface area contributed by atoms with Gasteiger partial charge in [0.25, 0.3) is 11.1 Å². The summed E-state index contributed by atoms with van der Waals surface area (Å²) in [6, 6.07) is 23.7. The lowest BCUT2D eigenvalue weighted by molar-refractivity contribution is 0.560. The molecule has 0 amide bonds. The Bertz CT molecular complexity index is 2240. The molecule has 12 heteroatoms. The van der Waals surface area contributed by atoms with Crippen LogP contribution < -0.4 is 11.1 Å². The summed E-state index contributed by atoms with van der Waals surface area (Å²) in [5.41, 5.74) is 5.81. The lowest BCUT2D eigenvalue weighted by Gasteiger charge is -2.13. The number of nitrogens with one attached hydrogen (secondary N) is 2. The fourth-order valence-corrected chi connectivity index (χ4v) is 5.33. The normalized spacial score (nSPS) is 12.8. The molecule has 12 nitrogen and oxygen atoms in total. The van der Waals surface area contributed by atoms with Gasteiger partial charge in [-0.1, -0.05) is 34.7 Å². The second kappa shape index (κ2) is 11.0. The molecule has 0 bridgehead atoms. The highest BCUT2D eigenvalue weighted by Crippen LogP contribution is 2.25. The lowest BCUT2D eigenvalue weighted by Crippen LogP contribution is -2.10. The Morgan fingerprint density at radius 1 is 0.614 bits per heavy atom. The molecule has 0 aliphatic heterocycles. The van der Waals surface area contributed by atoms with E-state index in [1.165, 1.54) is 0 Å². The largest absolute Gasteiger partial charge is 0.327 e. The lowest BCUT2D eigenvalue weighted by atomic mass is 10.1. The molecule has 0 radical (unpaired) electrons. The summed E-state index contributed by atoms with van der Waals surface area (Å²) in [6.45, 7) is 4.07.